The molecule has 0 bridgehead atoms. The fraction of sp³-hybridized carbons (Fsp3) is 0.588. The van der Waals surface area contributed by atoms with Crippen LogP contribution in [0.15, 0.2) is 18.2 Å². The minimum Gasteiger partial charge on any atom is -0.394 e. The third-order valence-electron chi connectivity index (χ3n) is 4.33. The van der Waals surface area contributed by atoms with Gasteiger partial charge in [0.05, 0.1) is 6.61 Å². The Hall–Kier alpha value is -1.10. The number of hydrogen-bond acceptors (Lipinski definition) is 3. The highest BCUT2D eigenvalue weighted by Gasteiger charge is 2.41. The summed E-state index contributed by atoms with van der Waals surface area (Å²) in [7, 11) is 0. The molecular weight excluding hydrogens is 300 g/mol. The van der Waals surface area contributed by atoms with Crippen molar-refractivity contribution in [3.8, 4) is 0 Å². The molecule has 3 N–H and O–H groups in total. The number of halogens is 1. The van der Waals surface area contributed by atoms with Crippen molar-refractivity contribution in [3.05, 3.63) is 28.8 Å². The van der Waals surface area contributed by atoms with Crippen molar-refractivity contribution in [2.45, 2.75) is 51.6 Å². The zero-order valence-corrected chi connectivity index (χ0v) is 14.2. The Morgan fingerprint density at radius 2 is 2.18 bits per heavy atom. The molecule has 0 spiro atoms. The van der Waals surface area contributed by atoms with Gasteiger partial charge < -0.3 is 15.7 Å². The van der Waals surface area contributed by atoms with Gasteiger partial charge in [-0.15, -0.1) is 0 Å². The molecule has 1 amide bonds. The quantitative estimate of drug-likeness (QED) is 0.722. The molecule has 0 aromatic heterocycles. The molecule has 1 aromatic carbocycles. The van der Waals surface area contributed by atoms with Gasteiger partial charge in [-0.3, -0.25) is 4.79 Å². The number of aliphatic hydroxyl groups excluding tert-OH is 1. The second kappa shape index (κ2) is 6.99. The smallest absolute Gasteiger partial charge is 0.225 e. The van der Waals surface area contributed by atoms with E-state index in [1.807, 2.05) is 32.9 Å². The van der Waals surface area contributed by atoms with E-state index in [1.54, 1.807) is 6.07 Å². The topological polar surface area (TPSA) is 61.4 Å². The molecule has 1 saturated carbocycles. The van der Waals surface area contributed by atoms with Gasteiger partial charge in [0.2, 0.25) is 5.91 Å². The Kier molecular flexibility index (Phi) is 5.48. The van der Waals surface area contributed by atoms with Crippen LogP contribution in [-0.4, -0.2) is 29.2 Å². The minimum atomic E-state index is -0.285. The summed E-state index contributed by atoms with van der Waals surface area (Å²) in [5.74, 6) is 0.454. The third kappa shape index (κ3) is 4.45. The molecule has 2 rings (SSSR count). The van der Waals surface area contributed by atoms with Crippen LogP contribution in [0.4, 0.5) is 5.69 Å². The van der Waals surface area contributed by atoms with E-state index in [0.29, 0.717) is 23.0 Å². The van der Waals surface area contributed by atoms with E-state index in [4.69, 9.17) is 11.6 Å². The first-order chi connectivity index (χ1) is 10.3. The second-order valence-corrected chi connectivity index (χ2v) is 7.02. The summed E-state index contributed by atoms with van der Waals surface area (Å²) >= 11 is 6.06. The lowest BCUT2D eigenvalue weighted by atomic mass is 9.95. The van der Waals surface area contributed by atoms with Gasteiger partial charge in [-0.1, -0.05) is 17.7 Å². The molecule has 4 nitrogen and oxygen atoms in total. The first-order valence-corrected chi connectivity index (χ1v) is 8.16. The molecule has 1 aromatic rings. The van der Waals surface area contributed by atoms with E-state index < -0.39 is 0 Å². The van der Waals surface area contributed by atoms with Gasteiger partial charge >= 0.3 is 0 Å². The number of amides is 1. The number of carbonyl (C=O) groups is 1. The van der Waals surface area contributed by atoms with Crippen molar-refractivity contribution in [2.24, 2.45) is 5.92 Å². The number of aryl methyl sites for hydroxylation is 1. The van der Waals surface area contributed by atoms with Crippen LogP contribution in [0.3, 0.4) is 0 Å². The van der Waals surface area contributed by atoms with Gasteiger partial charge in [-0.2, -0.15) is 0 Å². The number of hydrogen-bond donors (Lipinski definition) is 3. The molecular formula is C17H25ClN2O2. The third-order valence-corrected chi connectivity index (χ3v) is 4.74. The van der Waals surface area contributed by atoms with Gasteiger partial charge in [-0.25, -0.2) is 0 Å². The zero-order valence-electron chi connectivity index (χ0n) is 13.4. The summed E-state index contributed by atoms with van der Waals surface area (Å²) in [4.78, 5) is 12.1. The largest absolute Gasteiger partial charge is 0.394 e. The second-order valence-electron chi connectivity index (χ2n) is 6.61. The van der Waals surface area contributed by atoms with Crippen LogP contribution in [-0.2, 0) is 4.79 Å². The van der Waals surface area contributed by atoms with E-state index in [0.717, 1.165) is 18.4 Å². The first kappa shape index (κ1) is 17.3. The van der Waals surface area contributed by atoms with E-state index in [9.17, 15) is 9.90 Å². The fourth-order valence-electron chi connectivity index (χ4n) is 2.79. The van der Waals surface area contributed by atoms with E-state index in [1.165, 1.54) is 0 Å². The zero-order chi connectivity index (χ0) is 16.3. The highest BCUT2D eigenvalue weighted by atomic mass is 35.5. The lowest BCUT2D eigenvalue weighted by molar-refractivity contribution is -0.116. The molecule has 0 radical (unpaired) electrons. The maximum atomic E-state index is 12.1. The Labute approximate surface area is 137 Å². The first-order valence-electron chi connectivity index (χ1n) is 7.78. The molecule has 0 aliphatic heterocycles. The Morgan fingerprint density at radius 3 is 2.73 bits per heavy atom. The highest BCUT2D eigenvalue weighted by Crippen LogP contribution is 2.39. The predicted molar refractivity (Wildman–Crippen MR) is 90.2 cm³/mol. The van der Waals surface area contributed by atoms with Crippen LogP contribution in [0.2, 0.25) is 5.02 Å². The maximum absolute atomic E-state index is 12.1. The van der Waals surface area contributed by atoms with E-state index >= 15 is 0 Å². The summed E-state index contributed by atoms with van der Waals surface area (Å²) < 4.78 is 0. The molecule has 122 valence electrons. The number of carbonyl (C=O) groups excluding carboxylic acids is 1. The average Bonchev–Trinajstić information content (AvgIpc) is 3.27. The highest BCUT2D eigenvalue weighted by molar-refractivity contribution is 6.31. The van der Waals surface area contributed by atoms with Crippen LogP contribution < -0.4 is 10.6 Å². The molecule has 2 atom stereocenters. The monoisotopic (exact) mass is 324 g/mol. The fourth-order valence-corrected chi connectivity index (χ4v) is 2.97. The van der Waals surface area contributed by atoms with Crippen molar-refractivity contribution >= 4 is 23.2 Å². The normalized spacial score (nSPS) is 18.6. The van der Waals surface area contributed by atoms with Crippen molar-refractivity contribution in [3.63, 3.8) is 0 Å². The molecule has 5 heteroatoms. The number of benzene rings is 1. The number of nitrogens with one attached hydrogen (secondary N) is 2. The van der Waals surface area contributed by atoms with Crippen molar-refractivity contribution in [1.82, 2.24) is 5.32 Å². The van der Waals surface area contributed by atoms with Crippen molar-refractivity contribution in [2.75, 3.05) is 11.9 Å². The van der Waals surface area contributed by atoms with Crippen molar-refractivity contribution < 1.29 is 9.90 Å². The van der Waals surface area contributed by atoms with E-state index in [-0.39, 0.29) is 24.1 Å². The van der Waals surface area contributed by atoms with Gasteiger partial charge in [0.1, 0.15) is 0 Å². The SMILES string of the molecule is Cc1ccc(NC(=O)CC(C)NC(C)(CO)C2CC2)cc1Cl. The van der Waals surface area contributed by atoms with Gasteiger partial charge in [0.25, 0.3) is 0 Å². The van der Waals surface area contributed by atoms with Crippen LogP contribution >= 0.6 is 11.6 Å². The Bertz CT molecular complexity index is 545. The summed E-state index contributed by atoms with van der Waals surface area (Å²) in [5, 5.41) is 16.5. The molecule has 1 aliphatic rings. The lowest BCUT2D eigenvalue weighted by Crippen LogP contribution is -2.52. The lowest BCUT2D eigenvalue weighted by Gasteiger charge is -2.32. The van der Waals surface area contributed by atoms with Gasteiger partial charge in [-0.05, 0) is 57.2 Å². The average molecular weight is 325 g/mol. The predicted octanol–water partition coefficient (Wildman–Crippen LogP) is 3.12. The van der Waals surface area contributed by atoms with Gasteiger partial charge in [0.15, 0.2) is 0 Å². The standard InChI is InChI=1S/C17H25ClN2O2/c1-11-4-7-14(9-15(11)18)19-16(22)8-12(2)20-17(3,10-21)13-5-6-13/h4,7,9,12-13,20-21H,5-6,8,10H2,1-3H3,(H,19,22). The van der Waals surface area contributed by atoms with Gasteiger partial charge in [0, 0.05) is 28.7 Å². The molecule has 22 heavy (non-hydrogen) atoms. The number of aliphatic hydroxyl groups is 1. The minimum absolute atomic E-state index is 0.00123. The molecule has 0 saturated heterocycles. The van der Waals surface area contributed by atoms with Crippen LogP contribution in [0.5, 0.6) is 0 Å². The maximum Gasteiger partial charge on any atom is 0.225 e. The van der Waals surface area contributed by atoms with Crippen LogP contribution in [0.25, 0.3) is 0 Å². The van der Waals surface area contributed by atoms with E-state index in [2.05, 4.69) is 10.6 Å². The Balaban J connectivity index is 1.86. The molecule has 1 fully saturated rings. The Morgan fingerprint density at radius 1 is 1.50 bits per heavy atom. The number of rotatable bonds is 7. The molecule has 2 unspecified atom stereocenters. The van der Waals surface area contributed by atoms with Crippen LogP contribution in [0.1, 0.15) is 38.7 Å². The van der Waals surface area contributed by atoms with Crippen molar-refractivity contribution in [1.29, 1.82) is 0 Å². The molecule has 0 heterocycles. The summed E-state index contributed by atoms with van der Waals surface area (Å²) in [5.41, 5.74) is 1.41. The number of anilines is 1. The molecule has 1 aliphatic carbocycles. The summed E-state index contributed by atoms with van der Waals surface area (Å²) in [6, 6.07) is 5.49. The summed E-state index contributed by atoms with van der Waals surface area (Å²) in [6.07, 6.45) is 2.64. The summed E-state index contributed by atoms with van der Waals surface area (Å²) in [6.45, 7) is 6.02. The van der Waals surface area contributed by atoms with Crippen LogP contribution in [0, 0.1) is 12.8 Å².